The zero-order chi connectivity index (χ0) is 8.97. The normalized spacial score (nSPS) is 10.5. The van der Waals surface area contributed by atoms with Gasteiger partial charge in [0.15, 0.2) is 0 Å². The van der Waals surface area contributed by atoms with Crippen molar-refractivity contribution >= 4 is 18.2 Å². The molecule has 0 bridgehead atoms. The molecular formula is C10H11NO. The van der Waals surface area contributed by atoms with Crippen molar-refractivity contribution < 1.29 is 4.79 Å². The van der Waals surface area contributed by atoms with Gasteiger partial charge < -0.3 is 0 Å². The molecule has 0 saturated heterocycles. The van der Waals surface area contributed by atoms with Crippen molar-refractivity contribution in [2.45, 2.75) is 13.8 Å². The Labute approximate surface area is 71.9 Å². The molecule has 1 aromatic carbocycles. The van der Waals surface area contributed by atoms with E-state index in [1.807, 2.05) is 19.9 Å². The van der Waals surface area contributed by atoms with E-state index in [-0.39, 0.29) is 0 Å². The predicted molar refractivity (Wildman–Crippen MR) is 50.4 cm³/mol. The summed E-state index contributed by atoms with van der Waals surface area (Å²) in [7, 11) is 0. The number of aliphatic imine (C=N–C) groups is 1. The SMILES string of the molecule is CC=Nc1cc(C=O)ccc1C. The van der Waals surface area contributed by atoms with E-state index in [1.54, 1.807) is 18.3 Å². The van der Waals surface area contributed by atoms with Gasteiger partial charge in [-0.15, -0.1) is 0 Å². The summed E-state index contributed by atoms with van der Waals surface area (Å²) >= 11 is 0. The molecule has 0 aliphatic carbocycles. The van der Waals surface area contributed by atoms with E-state index >= 15 is 0 Å². The fraction of sp³-hybridized carbons (Fsp3) is 0.200. The number of nitrogens with zero attached hydrogens (tertiary/aromatic N) is 1. The highest BCUT2D eigenvalue weighted by molar-refractivity contribution is 5.78. The summed E-state index contributed by atoms with van der Waals surface area (Å²) in [5, 5.41) is 0. The first kappa shape index (κ1) is 8.65. The molecule has 62 valence electrons. The van der Waals surface area contributed by atoms with Gasteiger partial charge in [-0.2, -0.15) is 0 Å². The molecule has 0 aromatic heterocycles. The van der Waals surface area contributed by atoms with Crippen molar-refractivity contribution in [3.63, 3.8) is 0 Å². The standard InChI is InChI=1S/C10H11NO/c1-3-11-10-6-9(7-12)5-4-8(10)2/h3-7H,1-2H3. The number of carbonyl (C=O) groups excluding carboxylic acids is 1. The van der Waals surface area contributed by atoms with Crippen molar-refractivity contribution in [2.24, 2.45) is 4.99 Å². The quantitative estimate of drug-likeness (QED) is 0.484. The minimum Gasteiger partial charge on any atom is -0.298 e. The van der Waals surface area contributed by atoms with Crippen LogP contribution < -0.4 is 0 Å². The second kappa shape index (κ2) is 3.81. The monoisotopic (exact) mass is 161 g/mol. The lowest BCUT2D eigenvalue weighted by molar-refractivity contribution is 0.112. The summed E-state index contributed by atoms with van der Waals surface area (Å²) < 4.78 is 0. The van der Waals surface area contributed by atoms with Crippen LogP contribution in [0.4, 0.5) is 5.69 Å². The highest BCUT2D eigenvalue weighted by Gasteiger charge is 1.96. The van der Waals surface area contributed by atoms with Gasteiger partial charge in [0.2, 0.25) is 0 Å². The van der Waals surface area contributed by atoms with Crippen molar-refractivity contribution in [1.82, 2.24) is 0 Å². The van der Waals surface area contributed by atoms with Crippen LogP contribution in [0.5, 0.6) is 0 Å². The maximum Gasteiger partial charge on any atom is 0.150 e. The van der Waals surface area contributed by atoms with Gasteiger partial charge >= 0.3 is 0 Å². The zero-order valence-corrected chi connectivity index (χ0v) is 7.24. The summed E-state index contributed by atoms with van der Waals surface area (Å²) in [4.78, 5) is 14.6. The molecule has 0 N–H and O–H groups in total. The molecular weight excluding hydrogens is 150 g/mol. The Morgan fingerprint density at radius 3 is 2.75 bits per heavy atom. The van der Waals surface area contributed by atoms with Gasteiger partial charge in [0.25, 0.3) is 0 Å². The Kier molecular flexibility index (Phi) is 2.75. The highest BCUT2D eigenvalue weighted by Crippen LogP contribution is 2.18. The van der Waals surface area contributed by atoms with Crippen molar-refractivity contribution in [3.8, 4) is 0 Å². The molecule has 0 fully saturated rings. The maximum atomic E-state index is 10.4. The van der Waals surface area contributed by atoms with E-state index in [4.69, 9.17) is 0 Å². The first-order valence-corrected chi connectivity index (χ1v) is 3.82. The van der Waals surface area contributed by atoms with E-state index in [2.05, 4.69) is 4.99 Å². The third-order valence-electron chi connectivity index (χ3n) is 1.64. The van der Waals surface area contributed by atoms with Crippen molar-refractivity contribution in [1.29, 1.82) is 0 Å². The largest absolute Gasteiger partial charge is 0.298 e. The van der Waals surface area contributed by atoms with Crippen LogP contribution in [-0.2, 0) is 0 Å². The molecule has 0 aliphatic rings. The Hall–Kier alpha value is -1.44. The Morgan fingerprint density at radius 2 is 2.17 bits per heavy atom. The number of aldehydes is 1. The molecule has 0 unspecified atom stereocenters. The summed E-state index contributed by atoms with van der Waals surface area (Å²) in [6, 6.07) is 5.46. The van der Waals surface area contributed by atoms with Gasteiger partial charge in [-0.1, -0.05) is 12.1 Å². The highest BCUT2D eigenvalue weighted by atomic mass is 16.1. The molecule has 0 atom stereocenters. The van der Waals surface area contributed by atoms with Crippen LogP contribution in [0.15, 0.2) is 23.2 Å². The molecule has 0 radical (unpaired) electrons. The smallest absolute Gasteiger partial charge is 0.150 e. The first-order chi connectivity index (χ1) is 5.77. The fourth-order valence-electron chi connectivity index (χ4n) is 0.978. The number of rotatable bonds is 2. The average Bonchev–Trinajstić information content (AvgIpc) is 2.09. The minimum absolute atomic E-state index is 0.668. The van der Waals surface area contributed by atoms with Crippen LogP contribution in [0, 0.1) is 6.92 Å². The molecule has 0 saturated carbocycles. The zero-order valence-electron chi connectivity index (χ0n) is 7.24. The van der Waals surface area contributed by atoms with Crippen LogP contribution in [0.3, 0.4) is 0 Å². The number of aryl methyl sites for hydroxylation is 1. The van der Waals surface area contributed by atoms with Crippen LogP contribution in [-0.4, -0.2) is 12.5 Å². The number of carbonyl (C=O) groups is 1. The molecule has 1 rings (SSSR count). The third kappa shape index (κ3) is 1.78. The lowest BCUT2D eigenvalue weighted by Gasteiger charge is -1.99. The molecule has 12 heavy (non-hydrogen) atoms. The van der Waals surface area contributed by atoms with Crippen LogP contribution in [0.1, 0.15) is 22.8 Å². The minimum atomic E-state index is 0.668. The third-order valence-corrected chi connectivity index (χ3v) is 1.64. The summed E-state index contributed by atoms with van der Waals surface area (Å²) in [6.07, 6.45) is 2.55. The number of benzene rings is 1. The predicted octanol–water partition coefficient (Wildman–Crippen LogP) is 2.53. The van der Waals surface area contributed by atoms with E-state index in [1.165, 1.54) is 0 Å². The Balaban J connectivity index is 3.16. The fourth-order valence-corrected chi connectivity index (χ4v) is 0.978. The second-order valence-electron chi connectivity index (χ2n) is 2.55. The van der Waals surface area contributed by atoms with Gasteiger partial charge in [-0.3, -0.25) is 9.79 Å². The number of hydrogen-bond acceptors (Lipinski definition) is 2. The van der Waals surface area contributed by atoms with E-state index in [9.17, 15) is 4.79 Å². The lowest BCUT2D eigenvalue weighted by atomic mass is 10.1. The van der Waals surface area contributed by atoms with Gasteiger partial charge in [0.1, 0.15) is 6.29 Å². The average molecular weight is 161 g/mol. The molecule has 2 nitrogen and oxygen atoms in total. The Bertz CT molecular complexity index is 316. The van der Waals surface area contributed by atoms with Crippen LogP contribution in [0.2, 0.25) is 0 Å². The molecule has 0 heterocycles. The van der Waals surface area contributed by atoms with Gasteiger partial charge in [-0.05, 0) is 25.5 Å². The van der Waals surface area contributed by atoms with Crippen LogP contribution >= 0.6 is 0 Å². The molecule has 2 heteroatoms. The summed E-state index contributed by atoms with van der Waals surface area (Å²) in [6.45, 7) is 3.82. The molecule has 0 amide bonds. The second-order valence-corrected chi connectivity index (χ2v) is 2.55. The van der Waals surface area contributed by atoms with Crippen molar-refractivity contribution in [2.75, 3.05) is 0 Å². The van der Waals surface area contributed by atoms with E-state index in [0.717, 1.165) is 17.5 Å². The molecule has 0 spiro atoms. The van der Waals surface area contributed by atoms with Gasteiger partial charge in [0.05, 0.1) is 5.69 Å². The van der Waals surface area contributed by atoms with Gasteiger partial charge in [0, 0.05) is 11.8 Å². The topological polar surface area (TPSA) is 29.4 Å². The molecule has 1 aromatic rings. The Morgan fingerprint density at radius 1 is 1.42 bits per heavy atom. The number of hydrogen-bond donors (Lipinski definition) is 0. The maximum absolute atomic E-state index is 10.4. The summed E-state index contributed by atoms with van der Waals surface area (Å²) in [5.74, 6) is 0. The van der Waals surface area contributed by atoms with E-state index < -0.39 is 0 Å². The first-order valence-electron chi connectivity index (χ1n) is 3.82. The summed E-state index contributed by atoms with van der Waals surface area (Å²) in [5.41, 5.74) is 2.61. The van der Waals surface area contributed by atoms with Crippen LogP contribution in [0.25, 0.3) is 0 Å². The van der Waals surface area contributed by atoms with Gasteiger partial charge in [-0.25, -0.2) is 0 Å². The molecule has 0 aliphatic heterocycles. The lowest BCUT2D eigenvalue weighted by Crippen LogP contribution is -1.81. The van der Waals surface area contributed by atoms with Crippen molar-refractivity contribution in [3.05, 3.63) is 29.3 Å². The van der Waals surface area contributed by atoms with E-state index in [0.29, 0.717) is 5.56 Å².